The maximum absolute atomic E-state index is 4.71. The molecule has 1 fully saturated rings. The standard InChI is InChI=1S/C29H39NS3/c1-21(2)11-9-12-22(3)24-17-18-25-23(14-10-19-29(24,25)4)13-7-8-20-31-33-28-30-26-15-5-6-16-27(26)32-28/h5-6,14-16,21-22,24-25H,8-12,17-20H2,1-4H3/t22-,24-,25+,29-/m1/s1. The van der Waals surface area contributed by atoms with Crippen LogP contribution in [0.2, 0.25) is 0 Å². The molecule has 2 aromatic rings. The first-order chi connectivity index (χ1) is 16.0. The molecule has 1 aromatic carbocycles. The van der Waals surface area contributed by atoms with Crippen LogP contribution < -0.4 is 0 Å². The van der Waals surface area contributed by atoms with Gasteiger partial charge in [0.15, 0.2) is 4.34 Å². The summed E-state index contributed by atoms with van der Waals surface area (Å²) in [7, 11) is 3.68. The van der Waals surface area contributed by atoms with Crippen molar-refractivity contribution in [3.63, 3.8) is 0 Å². The maximum atomic E-state index is 4.71. The number of benzene rings is 1. The highest BCUT2D eigenvalue weighted by molar-refractivity contribution is 8.77. The summed E-state index contributed by atoms with van der Waals surface area (Å²) in [5.41, 5.74) is 3.04. The summed E-state index contributed by atoms with van der Waals surface area (Å²) in [6.45, 7) is 9.83. The van der Waals surface area contributed by atoms with Crippen molar-refractivity contribution >= 4 is 43.1 Å². The summed E-state index contributed by atoms with van der Waals surface area (Å²) in [4.78, 5) is 4.71. The lowest BCUT2D eigenvalue weighted by Crippen LogP contribution is -2.35. The van der Waals surface area contributed by atoms with Crippen LogP contribution in [-0.4, -0.2) is 10.7 Å². The monoisotopic (exact) mass is 497 g/mol. The van der Waals surface area contributed by atoms with Crippen molar-refractivity contribution in [2.45, 2.75) is 83.4 Å². The van der Waals surface area contributed by atoms with Crippen LogP contribution in [-0.2, 0) is 0 Å². The van der Waals surface area contributed by atoms with E-state index >= 15 is 0 Å². The third kappa shape index (κ3) is 6.22. The summed E-state index contributed by atoms with van der Waals surface area (Å²) < 4.78 is 2.43. The van der Waals surface area contributed by atoms with Gasteiger partial charge in [0.25, 0.3) is 0 Å². The number of hydrogen-bond donors (Lipinski definition) is 0. The van der Waals surface area contributed by atoms with E-state index in [1.54, 1.807) is 22.1 Å². The molecule has 0 saturated heterocycles. The van der Waals surface area contributed by atoms with Gasteiger partial charge in [0, 0.05) is 17.7 Å². The lowest BCUT2D eigenvalue weighted by atomic mass is 9.62. The Morgan fingerprint density at radius 2 is 2.03 bits per heavy atom. The molecule has 1 saturated carbocycles. The fourth-order valence-electron chi connectivity index (χ4n) is 6.17. The van der Waals surface area contributed by atoms with E-state index in [0.717, 1.165) is 39.8 Å². The zero-order chi connectivity index (χ0) is 23.3. The minimum absolute atomic E-state index is 0.466. The predicted molar refractivity (Wildman–Crippen MR) is 150 cm³/mol. The SMILES string of the molecule is CC(C)CCC[C@@H](C)[C@H]1CC[C@H]2C(C#CCCSSc3nc4ccccc4s3)=CCC[C@]12C. The van der Waals surface area contributed by atoms with Crippen LogP contribution in [0.4, 0.5) is 0 Å². The predicted octanol–water partition coefficient (Wildman–Crippen LogP) is 9.65. The number of rotatable bonds is 9. The molecule has 4 atom stereocenters. The summed E-state index contributed by atoms with van der Waals surface area (Å²) in [6, 6.07) is 8.39. The second-order valence-electron chi connectivity index (χ2n) is 10.6. The molecular formula is C29H39NS3. The number of thiazole rings is 1. The lowest BCUT2D eigenvalue weighted by Gasteiger charge is -2.42. The van der Waals surface area contributed by atoms with Gasteiger partial charge in [0.05, 0.1) is 10.2 Å². The lowest BCUT2D eigenvalue weighted by molar-refractivity contribution is 0.108. The van der Waals surface area contributed by atoms with Gasteiger partial charge in [-0.1, -0.05) is 87.8 Å². The van der Waals surface area contributed by atoms with Crippen LogP contribution >= 0.6 is 32.9 Å². The zero-order valence-corrected chi connectivity index (χ0v) is 23.2. The van der Waals surface area contributed by atoms with Crippen LogP contribution in [0.3, 0.4) is 0 Å². The summed E-state index contributed by atoms with van der Waals surface area (Å²) in [6.07, 6.45) is 12.9. The molecular weight excluding hydrogens is 459 g/mol. The molecule has 1 aromatic heterocycles. The topological polar surface area (TPSA) is 12.9 Å². The molecule has 0 radical (unpaired) electrons. The van der Waals surface area contributed by atoms with Crippen LogP contribution in [0, 0.1) is 40.9 Å². The summed E-state index contributed by atoms with van der Waals surface area (Å²) in [5.74, 6) is 11.5. The van der Waals surface area contributed by atoms with E-state index in [1.807, 2.05) is 10.8 Å². The van der Waals surface area contributed by atoms with E-state index in [2.05, 4.69) is 69.9 Å². The third-order valence-corrected chi connectivity index (χ3v) is 11.6. The van der Waals surface area contributed by atoms with E-state index in [4.69, 9.17) is 4.98 Å². The van der Waals surface area contributed by atoms with Gasteiger partial charge in [-0.05, 0) is 77.7 Å². The minimum atomic E-state index is 0.466. The fourth-order valence-corrected chi connectivity index (χ4v) is 9.43. The van der Waals surface area contributed by atoms with Crippen molar-refractivity contribution in [3.05, 3.63) is 35.9 Å². The molecule has 0 N–H and O–H groups in total. The number of nitrogens with zero attached hydrogens (tertiary/aromatic N) is 1. The molecule has 0 amide bonds. The number of allylic oxidation sites excluding steroid dienone is 2. The van der Waals surface area contributed by atoms with E-state index in [0.29, 0.717) is 11.3 Å². The number of para-hydroxylation sites is 1. The Bertz CT molecular complexity index is 978. The third-order valence-electron chi connectivity index (χ3n) is 7.91. The van der Waals surface area contributed by atoms with Crippen molar-refractivity contribution in [1.29, 1.82) is 0 Å². The van der Waals surface area contributed by atoms with Crippen molar-refractivity contribution in [3.8, 4) is 11.8 Å². The molecule has 1 nitrogen and oxygen atoms in total. The Hall–Kier alpha value is -0.890. The van der Waals surface area contributed by atoms with E-state index in [-0.39, 0.29) is 0 Å². The average Bonchev–Trinajstić information content (AvgIpc) is 3.36. The number of hydrogen-bond acceptors (Lipinski definition) is 4. The molecule has 0 aliphatic heterocycles. The van der Waals surface area contributed by atoms with Crippen LogP contribution in [0.25, 0.3) is 10.2 Å². The number of aromatic nitrogens is 1. The molecule has 178 valence electrons. The van der Waals surface area contributed by atoms with Gasteiger partial charge in [-0.25, -0.2) is 4.98 Å². The van der Waals surface area contributed by atoms with Crippen molar-refractivity contribution in [2.24, 2.45) is 29.1 Å². The molecule has 4 heteroatoms. The van der Waals surface area contributed by atoms with Gasteiger partial charge in [0.1, 0.15) is 0 Å². The Labute approximate surface area is 213 Å². The van der Waals surface area contributed by atoms with Gasteiger partial charge >= 0.3 is 0 Å². The Kier molecular flexibility index (Phi) is 8.93. The quantitative estimate of drug-likeness (QED) is 0.194. The van der Waals surface area contributed by atoms with Gasteiger partial charge in [-0.2, -0.15) is 0 Å². The minimum Gasteiger partial charge on any atom is -0.229 e. The van der Waals surface area contributed by atoms with E-state index in [9.17, 15) is 0 Å². The summed E-state index contributed by atoms with van der Waals surface area (Å²) in [5, 5.41) is 0. The van der Waals surface area contributed by atoms with Crippen LogP contribution in [0.1, 0.15) is 79.1 Å². The highest BCUT2D eigenvalue weighted by Crippen LogP contribution is 2.58. The second-order valence-corrected chi connectivity index (χ2v) is 14.3. The Morgan fingerprint density at radius 1 is 1.18 bits per heavy atom. The summed E-state index contributed by atoms with van der Waals surface area (Å²) >= 11 is 1.79. The van der Waals surface area contributed by atoms with Crippen LogP contribution in [0.5, 0.6) is 0 Å². The van der Waals surface area contributed by atoms with Crippen LogP contribution in [0.15, 0.2) is 40.3 Å². The Morgan fingerprint density at radius 3 is 2.85 bits per heavy atom. The first-order valence-electron chi connectivity index (χ1n) is 12.8. The molecule has 4 rings (SSSR count). The van der Waals surface area contributed by atoms with Crippen molar-refractivity contribution in [1.82, 2.24) is 4.98 Å². The smallest absolute Gasteiger partial charge is 0.161 e. The molecule has 2 aliphatic rings. The zero-order valence-electron chi connectivity index (χ0n) is 20.7. The first kappa shape index (κ1) is 25.2. The fraction of sp³-hybridized carbons (Fsp3) is 0.621. The second kappa shape index (κ2) is 11.7. The van der Waals surface area contributed by atoms with Crippen molar-refractivity contribution < 1.29 is 0 Å². The molecule has 1 heterocycles. The molecule has 0 unspecified atom stereocenters. The molecule has 0 spiro atoms. The van der Waals surface area contributed by atoms with Gasteiger partial charge in [-0.15, -0.1) is 11.3 Å². The van der Waals surface area contributed by atoms with Gasteiger partial charge in [-0.3, -0.25) is 0 Å². The van der Waals surface area contributed by atoms with Gasteiger partial charge < -0.3 is 0 Å². The molecule has 2 aliphatic carbocycles. The largest absolute Gasteiger partial charge is 0.229 e. The first-order valence-corrected chi connectivity index (χ1v) is 15.9. The highest BCUT2D eigenvalue weighted by atomic mass is 33.1. The number of fused-ring (bicyclic) bond motifs is 2. The molecule has 33 heavy (non-hydrogen) atoms. The van der Waals surface area contributed by atoms with E-state index < -0.39 is 0 Å². The van der Waals surface area contributed by atoms with E-state index in [1.165, 1.54) is 55.2 Å². The normalized spacial score (nSPS) is 25.5. The Balaban J connectivity index is 1.26. The van der Waals surface area contributed by atoms with Crippen molar-refractivity contribution in [2.75, 3.05) is 5.75 Å². The maximum Gasteiger partial charge on any atom is 0.161 e. The average molecular weight is 498 g/mol. The molecule has 0 bridgehead atoms. The van der Waals surface area contributed by atoms with Gasteiger partial charge in [0.2, 0.25) is 0 Å². The highest BCUT2D eigenvalue weighted by Gasteiger charge is 2.49.